The Labute approximate surface area is 111 Å². The summed E-state index contributed by atoms with van der Waals surface area (Å²) in [7, 11) is 1.81. The van der Waals surface area contributed by atoms with Crippen LogP contribution >= 0.6 is 0 Å². The van der Waals surface area contributed by atoms with Gasteiger partial charge in [-0.05, 0) is 12.5 Å². The maximum atomic E-state index is 11.5. The highest BCUT2D eigenvalue weighted by Gasteiger charge is 2.21. The van der Waals surface area contributed by atoms with Crippen molar-refractivity contribution in [3.63, 3.8) is 0 Å². The second kappa shape index (κ2) is 5.69. The molecule has 1 aliphatic heterocycles. The summed E-state index contributed by atoms with van der Waals surface area (Å²) in [5.41, 5.74) is 0.678. The average Bonchev–Trinajstić information content (AvgIpc) is 2.81. The van der Waals surface area contributed by atoms with Crippen molar-refractivity contribution in [2.75, 3.05) is 31.6 Å². The smallest absolute Gasteiger partial charge is 0.292 e. The van der Waals surface area contributed by atoms with Crippen LogP contribution in [0.15, 0.2) is 24.3 Å². The molecule has 0 spiro atoms. The molecule has 0 atom stereocenters. The van der Waals surface area contributed by atoms with Crippen LogP contribution in [-0.2, 0) is 4.79 Å². The van der Waals surface area contributed by atoms with Gasteiger partial charge in [0.2, 0.25) is 5.91 Å². The Morgan fingerprint density at radius 1 is 1.42 bits per heavy atom. The number of hydrogen-bond acceptors (Lipinski definition) is 4. The number of likely N-dealkylation sites (tertiary alicyclic amines) is 1. The number of rotatable bonds is 5. The Balaban J connectivity index is 2.01. The fourth-order valence-electron chi connectivity index (χ4n) is 2.27. The highest BCUT2D eigenvalue weighted by molar-refractivity contribution is 5.78. The monoisotopic (exact) mass is 263 g/mol. The molecule has 0 radical (unpaired) electrons. The third-order valence-corrected chi connectivity index (χ3v) is 3.37. The van der Waals surface area contributed by atoms with Crippen molar-refractivity contribution in [3.8, 4) is 0 Å². The van der Waals surface area contributed by atoms with E-state index in [4.69, 9.17) is 0 Å². The highest BCUT2D eigenvalue weighted by atomic mass is 16.6. The van der Waals surface area contributed by atoms with Crippen molar-refractivity contribution in [2.45, 2.75) is 12.8 Å². The van der Waals surface area contributed by atoms with E-state index < -0.39 is 0 Å². The number of anilines is 1. The topological polar surface area (TPSA) is 66.7 Å². The van der Waals surface area contributed by atoms with Crippen molar-refractivity contribution in [1.82, 2.24) is 4.90 Å². The zero-order valence-electron chi connectivity index (χ0n) is 10.9. The van der Waals surface area contributed by atoms with Crippen molar-refractivity contribution in [1.29, 1.82) is 0 Å². The molecule has 0 bridgehead atoms. The Bertz CT molecular complexity index is 490. The second-order valence-corrected chi connectivity index (χ2v) is 4.65. The lowest BCUT2D eigenvalue weighted by atomic mass is 10.2. The summed E-state index contributed by atoms with van der Waals surface area (Å²) < 4.78 is 0. The standard InChI is InChI=1S/C13H17N3O3/c1-14(9-10-15-8-4-7-13(15)17)11-5-2-3-6-12(11)16(18)19/h2-3,5-6H,4,7-10H2,1H3. The molecule has 6 heteroatoms. The summed E-state index contributed by atoms with van der Waals surface area (Å²) in [6.45, 7) is 2.00. The van der Waals surface area contributed by atoms with Crippen LogP contribution < -0.4 is 4.90 Å². The minimum atomic E-state index is -0.382. The van der Waals surface area contributed by atoms with E-state index >= 15 is 0 Å². The SMILES string of the molecule is CN(CCN1CCCC1=O)c1ccccc1[N+](=O)[O-]. The number of hydrogen-bond donors (Lipinski definition) is 0. The van der Waals surface area contributed by atoms with Crippen LogP contribution in [0.3, 0.4) is 0 Å². The zero-order valence-corrected chi connectivity index (χ0v) is 10.9. The molecule has 1 aromatic carbocycles. The second-order valence-electron chi connectivity index (χ2n) is 4.65. The van der Waals surface area contributed by atoms with Crippen molar-refractivity contribution >= 4 is 17.3 Å². The zero-order chi connectivity index (χ0) is 13.8. The van der Waals surface area contributed by atoms with Gasteiger partial charge in [-0.3, -0.25) is 14.9 Å². The quantitative estimate of drug-likeness (QED) is 0.598. The maximum absolute atomic E-state index is 11.5. The number of carbonyl (C=O) groups is 1. The number of nitro groups is 1. The number of nitrogens with zero attached hydrogens (tertiary/aromatic N) is 3. The molecule has 19 heavy (non-hydrogen) atoms. The predicted octanol–water partition coefficient (Wildman–Crippen LogP) is 1.65. The molecular formula is C13H17N3O3. The maximum Gasteiger partial charge on any atom is 0.292 e. The molecule has 1 aromatic rings. The van der Waals surface area contributed by atoms with Gasteiger partial charge in [-0.2, -0.15) is 0 Å². The molecule has 2 rings (SSSR count). The summed E-state index contributed by atoms with van der Waals surface area (Å²) in [6, 6.07) is 6.65. The van der Waals surface area contributed by atoms with Gasteiger partial charge in [-0.15, -0.1) is 0 Å². The number of amides is 1. The number of benzene rings is 1. The van der Waals surface area contributed by atoms with Gasteiger partial charge < -0.3 is 9.80 Å². The molecule has 0 unspecified atom stereocenters. The average molecular weight is 263 g/mol. The van der Waals surface area contributed by atoms with E-state index in [2.05, 4.69) is 0 Å². The van der Waals surface area contributed by atoms with Crippen LogP contribution in [0.4, 0.5) is 11.4 Å². The molecule has 0 saturated carbocycles. The van der Waals surface area contributed by atoms with Crippen LogP contribution in [0.1, 0.15) is 12.8 Å². The van der Waals surface area contributed by atoms with Crippen LogP contribution in [0.25, 0.3) is 0 Å². The van der Waals surface area contributed by atoms with Gasteiger partial charge in [0.25, 0.3) is 5.69 Å². The van der Waals surface area contributed by atoms with Crippen molar-refractivity contribution in [2.24, 2.45) is 0 Å². The van der Waals surface area contributed by atoms with Crippen molar-refractivity contribution < 1.29 is 9.72 Å². The van der Waals surface area contributed by atoms with Crippen LogP contribution in [-0.4, -0.2) is 42.4 Å². The molecular weight excluding hydrogens is 246 g/mol. The lowest BCUT2D eigenvalue weighted by molar-refractivity contribution is -0.384. The molecule has 6 nitrogen and oxygen atoms in total. The van der Waals surface area contributed by atoms with Gasteiger partial charge in [0.15, 0.2) is 0 Å². The van der Waals surface area contributed by atoms with Gasteiger partial charge in [0.05, 0.1) is 4.92 Å². The number of likely N-dealkylation sites (N-methyl/N-ethyl adjacent to an activating group) is 1. The van der Waals surface area contributed by atoms with E-state index in [1.807, 2.05) is 16.8 Å². The highest BCUT2D eigenvalue weighted by Crippen LogP contribution is 2.26. The Hall–Kier alpha value is -2.11. The predicted molar refractivity (Wildman–Crippen MR) is 72.2 cm³/mol. The molecule has 1 aliphatic rings. The van der Waals surface area contributed by atoms with Crippen LogP contribution in [0.2, 0.25) is 0 Å². The normalized spacial score (nSPS) is 14.8. The van der Waals surface area contributed by atoms with Crippen LogP contribution in [0, 0.1) is 10.1 Å². The Morgan fingerprint density at radius 3 is 2.79 bits per heavy atom. The minimum absolute atomic E-state index is 0.0951. The van der Waals surface area contributed by atoms with Crippen LogP contribution in [0.5, 0.6) is 0 Å². The minimum Gasteiger partial charge on any atom is -0.367 e. The van der Waals surface area contributed by atoms with Gasteiger partial charge in [-0.25, -0.2) is 0 Å². The van der Waals surface area contributed by atoms with Gasteiger partial charge in [0.1, 0.15) is 5.69 Å². The summed E-state index contributed by atoms with van der Waals surface area (Å²) in [5.74, 6) is 0.177. The third-order valence-electron chi connectivity index (χ3n) is 3.37. The fraction of sp³-hybridized carbons (Fsp3) is 0.462. The number of para-hydroxylation sites is 2. The van der Waals surface area contributed by atoms with E-state index in [9.17, 15) is 14.9 Å². The van der Waals surface area contributed by atoms with Crippen molar-refractivity contribution in [3.05, 3.63) is 34.4 Å². The molecule has 102 valence electrons. The van der Waals surface area contributed by atoms with Gasteiger partial charge >= 0.3 is 0 Å². The molecule has 0 aliphatic carbocycles. The van der Waals surface area contributed by atoms with E-state index in [1.165, 1.54) is 6.07 Å². The van der Waals surface area contributed by atoms with E-state index in [1.54, 1.807) is 18.2 Å². The molecule has 0 aromatic heterocycles. The van der Waals surface area contributed by atoms with E-state index in [0.29, 0.717) is 25.2 Å². The molecule has 1 saturated heterocycles. The fourth-order valence-corrected chi connectivity index (χ4v) is 2.27. The number of carbonyl (C=O) groups excluding carboxylic acids is 1. The lowest BCUT2D eigenvalue weighted by Gasteiger charge is -2.23. The van der Waals surface area contributed by atoms with E-state index in [0.717, 1.165) is 13.0 Å². The first-order chi connectivity index (χ1) is 9.09. The molecule has 1 fully saturated rings. The third kappa shape index (κ3) is 3.01. The molecule has 1 amide bonds. The summed E-state index contributed by atoms with van der Waals surface area (Å²) in [6.07, 6.45) is 1.53. The van der Waals surface area contributed by atoms with E-state index in [-0.39, 0.29) is 16.5 Å². The van der Waals surface area contributed by atoms with Gasteiger partial charge in [0, 0.05) is 39.2 Å². The van der Waals surface area contributed by atoms with Gasteiger partial charge in [-0.1, -0.05) is 12.1 Å². The first kappa shape index (κ1) is 13.3. The number of nitro benzene ring substituents is 1. The summed E-state index contributed by atoms with van der Waals surface area (Å²) >= 11 is 0. The Morgan fingerprint density at radius 2 is 2.16 bits per heavy atom. The molecule has 0 N–H and O–H groups in total. The molecule has 1 heterocycles. The lowest BCUT2D eigenvalue weighted by Crippen LogP contribution is -2.34. The Kier molecular flexibility index (Phi) is 3.99. The summed E-state index contributed by atoms with van der Waals surface area (Å²) in [4.78, 5) is 25.7. The first-order valence-corrected chi connectivity index (χ1v) is 6.32. The largest absolute Gasteiger partial charge is 0.367 e. The first-order valence-electron chi connectivity index (χ1n) is 6.32. The summed E-state index contributed by atoms with van der Waals surface area (Å²) in [5, 5.41) is 11.0.